The number of rotatable bonds is 3. The van der Waals surface area contributed by atoms with E-state index in [2.05, 4.69) is 0 Å². The molecule has 2 aromatic rings. The van der Waals surface area contributed by atoms with E-state index in [-0.39, 0.29) is 30.2 Å². The van der Waals surface area contributed by atoms with E-state index in [0.29, 0.717) is 10.6 Å². The lowest BCUT2D eigenvalue weighted by Gasteiger charge is -2.21. The van der Waals surface area contributed by atoms with Crippen molar-refractivity contribution in [3.63, 3.8) is 0 Å². The number of sulfonamides is 1. The Hall–Kier alpha value is -0.930. The minimum Gasteiger partial charge on any atom is -0.228 e. The summed E-state index contributed by atoms with van der Waals surface area (Å²) in [6.07, 6.45) is 0.252. The molecule has 0 aliphatic carbocycles. The van der Waals surface area contributed by atoms with Crippen LogP contribution in [0.1, 0.15) is 22.1 Å². The fraction of sp³-hybridized carbons (Fsp3) is 0.375. The molecule has 1 atom stereocenters. The Morgan fingerprint density at radius 3 is 2.64 bits per heavy atom. The van der Waals surface area contributed by atoms with Gasteiger partial charge >= 0.3 is 0 Å². The minimum atomic E-state index is -3.79. The van der Waals surface area contributed by atoms with E-state index in [4.69, 9.17) is 11.6 Å². The number of hydrogen-bond acceptors (Lipinski definition) is 5. The van der Waals surface area contributed by atoms with Gasteiger partial charge in [0.1, 0.15) is 0 Å². The number of nitrogens with zero attached hydrogens (tertiary/aromatic N) is 1. The van der Waals surface area contributed by atoms with Crippen molar-refractivity contribution >= 4 is 42.8 Å². The number of thiophene rings is 1. The first kappa shape index (κ1) is 18.8. The van der Waals surface area contributed by atoms with Gasteiger partial charge in [0, 0.05) is 23.0 Å². The summed E-state index contributed by atoms with van der Waals surface area (Å²) in [5.41, 5.74) is 0.478. The summed E-state index contributed by atoms with van der Waals surface area (Å²) in [6, 6.07) is 8.33. The minimum absolute atomic E-state index is 0.0432. The molecule has 136 valence electrons. The van der Waals surface area contributed by atoms with Crippen LogP contribution in [0.25, 0.3) is 0 Å². The second kappa shape index (κ2) is 7.00. The van der Waals surface area contributed by atoms with Crippen LogP contribution in [0.3, 0.4) is 0 Å². The summed E-state index contributed by atoms with van der Waals surface area (Å²) in [7, 11) is -7.19. The lowest BCUT2D eigenvalue weighted by molar-refractivity contribution is 0.428. The van der Waals surface area contributed by atoms with Crippen molar-refractivity contribution in [2.45, 2.75) is 23.5 Å². The molecule has 1 aliphatic heterocycles. The van der Waals surface area contributed by atoms with Gasteiger partial charge in [-0.25, -0.2) is 16.8 Å². The summed E-state index contributed by atoms with van der Waals surface area (Å²) in [5.74, 6) is -0.186. The summed E-state index contributed by atoms with van der Waals surface area (Å²) in [6.45, 7) is 1.77. The highest BCUT2D eigenvalue weighted by Crippen LogP contribution is 2.34. The maximum Gasteiger partial charge on any atom is 0.243 e. The second-order valence-corrected chi connectivity index (χ2v) is 11.5. The molecule has 5 nitrogen and oxygen atoms in total. The van der Waals surface area contributed by atoms with Crippen LogP contribution in [-0.2, 0) is 19.9 Å². The Bertz CT molecular complexity index is 969. The highest BCUT2D eigenvalue weighted by atomic mass is 35.5. The average Bonchev–Trinajstić information content (AvgIpc) is 3.01. The fourth-order valence-electron chi connectivity index (χ4n) is 2.96. The summed E-state index contributed by atoms with van der Waals surface area (Å²) in [5, 5.41) is 1.56. The van der Waals surface area contributed by atoms with E-state index < -0.39 is 25.1 Å². The van der Waals surface area contributed by atoms with Crippen LogP contribution in [0.15, 0.2) is 40.6 Å². The first-order chi connectivity index (χ1) is 11.7. The van der Waals surface area contributed by atoms with Crippen molar-refractivity contribution in [2.24, 2.45) is 0 Å². The van der Waals surface area contributed by atoms with E-state index in [1.54, 1.807) is 25.1 Å². The zero-order chi connectivity index (χ0) is 18.2. The molecular weight excluding hydrogens is 402 g/mol. The molecule has 0 N–H and O–H groups in total. The Labute approximate surface area is 157 Å². The van der Waals surface area contributed by atoms with E-state index in [1.165, 1.54) is 21.7 Å². The second-order valence-electron chi connectivity index (χ2n) is 5.93. The Morgan fingerprint density at radius 2 is 1.96 bits per heavy atom. The van der Waals surface area contributed by atoms with Crippen LogP contribution in [0.2, 0.25) is 5.02 Å². The van der Waals surface area contributed by atoms with Gasteiger partial charge in [0.15, 0.2) is 9.84 Å². The quantitative estimate of drug-likeness (QED) is 0.765. The van der Waals surface area contributed by atoms with Crippen LogP contribution in [0.5, 0.6) is 0 Å². The zero-order valence-corrected chi connectivity index (χ0v) is 16.8. The predicted molar refractivity (Wildman–Crippen MR) is 100 cm³/mol. The predicted octanol–water partition coefficient (Wildman–Crippen LogP) is 3.26. The van der Waals surface area contributed by atoms with E-state index >= 15 is 0 Å². The van der Waals surface area contributed by atoms with Crippen LogP contribution >= 0.6 is 22.9 Å². The van der Waals surface area contributed by atoms with Gasteiger partial charge in [-0.1, -0.05) is 23.7 Å². The van der Waals surface area contributed by atoms with Crippen molar-refractivity contribution in [2.75, 3.05) is 18.8 Å². The van der Waals surface area contributed by atoms with Crippen molar-refractivity contribution in [1.29, 1.82) is 0 Å². The normalized spacial score (nSPS) is 21.8. The molecule has 1 saturated heterocycles. The third-order valence-electron chi connectivity index (χ3n) is 4.40. The molecule has 1 aromatic carbocycles. The molecule has 0 saturated carbocycles. The van der Waals surface area contributed by atoms with Gasteiger partial charge in [0.25, 0.3) is 0 Å². The zero-order valence-electron chi connectivity index (χ0n) is 13.6. The lowest BCUT2D eigenvalue weighted by Crippen LogP contribution is -2.34. The van der Waals surface area contributed by atoms with Crippen molar-refractivity contribution in [3.8, 4) is 0 Å². The maximum absolute atomic E-state index is 13.0. The van der Waals surface area contributed by atoms with Gasteiger partial charge in [-0.2, -0.15) is 4.31 Å². The fourth-order valence-corrected chi connectivity index (χ4v) is 8.02. The topological polar surface area (TPSA) is 71.5 Å². The van der Waals surface area contributed by atoms with Gasteiger partial charge in [0.05, 0.1) is 15.9 Å². The molecule has 0 amide bonds. The molecule has 25 heavy (non-hydrogen) atoms. The van der Waals surface area contributed by atoms with Gasteiger partial charge in [0.2, 0.25) is 10.0 Å². The summed E-state index contributed by atoms with van der Waals surface area (Å²) in [4.78, 5) is 0.894. The van der Waals surface area contributed by atoms with E-state index in [0.717, 1.165) is 4.88 Å². The van der Waals surface area contributed by atoms with Crippen LogP contribution in [0, 0.1) is 6.92 Å². The van der Waals surface area contributed by atoms with E-state index in [1.807, 2.05) is 11.4 Å². The highest BCUT2D eigenvalue weighted by Gasteiger charge is 2.36. The Kier molecular flexibility index (Phi) is 5.28. The largest absolute Gasteiger partial charge is 0.243 e. The molecule has 0 radical (unpaired) electrons. The van der Waals surface area contributed by atoms with Crippen LogP contribution < -0.4 is 0 Å². The SMILES string of the molecule is Cc1c(Cl)cccc1S(=O)(=O)N1CCC(c2cccs2)S(=O)(=O)CC1. The number of sulfone groups is 1. The first-order valence-corrected chi connectivity index (χ1v) is 12.1. The van der Waals surface area contributed by atoms with Gasteiger partial charge < -0.3 is 0 Å². The van der Waals surface area contributed by atoms with Gasteiger partial charge in [-0.05, 0) is 42.5 Å². The lowest BCUT2D eigenvalue weighted by atomic mass is 10.2. The molecule has 0 bridgehead atoms. The third kappa shape index (κ3) is 3.64. The maximum atomic E-state index is 13.0. The van der Waals surface area contributed by atoms with E-state index in [9.17, 15) is 16.8 Å². The standard InChI is InChI=1S/C16H18ClNO4S3/c1-12-13(17)4-2-6-15(12)25(21,22)18-8-7-16(14-5-3-10-23-14)24(19,20)11-9-18/h2-6,10,16H,7-9,11H2,1H3. The number of hydrogen-bond donors (Lipinski definition) is 0. The molecule has 9 heteroatoms. The third-order valence-corrected chi connectivity index (χ3v) is 10.1. The van der Waals surface area contributed by atoms with Crippen molar-refractivity contribution in [1.82, 2.24) is 4.31 Å². The molecule has 1 unspecified atom stereocenters. The first-order valence-electron chi connectivity index (χ1n) is 7.74. The highest BCUT2D eigenvalue weighted by molar-refractivity contribution is 7.92. The van der Waals surface area contributed by atoms with Crippen LogP contribution in [0.4, 0.5) is 0 Å². The van der Waals surface area contributed by atoms with Crippen molar-refractivity contribution in [3.05, 3.63) is 51.2 Å². The number of benzene rings is 1. The Balaban J connectivity index is 1.94. The van der Waals surface area contributed by atoms with Crippen molar-refractivity contribution < 1.29 is 16.8 Å². The smallest absolute Gasteiger partial charge is 0.228 e. The summed E-state index contributed by atoms with van der Waals surface area (Å²) >= 11 is 7.44. The van der Waals surface area contributed by atoms with Gasteiger partial charge in [-0.15, -0.1) is 11.3 Å². The monoisotopic (exact) mass is 419 g/mol. The Morgan fingerprint density at radius 1 is 1.20 bits per heavy atom. The molecule has 2 heterocycles. The number of halogens is 1. The molecule has 3 rings (SSSR count). The van der Waals surface area contributed by atoms with Gasteiger partial charge in [-0.3, -0.25) is 0 Å². The molecule has 1 aromatic heterocycles. The average molecular weight is 420 g/mol. The molecule has 0 spiro atoms. The molecule has 1 aliphatic rings. The van der Waals surface area contributed by atoms with Crippen LogP contribution in [-0.4, -0.2) is 40.0 Å². The summed E-state index contributed by atoms with van der Waals surface area (Å²) < 4.78 is 52.4. The molecular formula is C16H18ClNO4S3. The molecule has 1 fully saturated rings.